The molecule has 3 aromatic carbocycles. The molecule has 3 aromatic rings. The largest absolute Gasteiger partial charge is 0.378 e. The van der Waals surface area contributed by atoms with Crippen molar-refractivity contribution in [1.82, 2.24) is 0 Å². The maximum Gasteiger partial charge on any atom is 0.0486 e. The lowest BCUT2D eigenvalue weighted by Crippen LogP contribution is -2.07. The van der Waals surface area contributed by atoms with E-state index in [0.29, 0.717) is 0 Å². The Bertz CT molecular complexity index is 751. The summed E-state index contributed by atoms with van der Waals surface area (Å²) in [5.41, 5.74) is 2.51. The summed E-state index contributed by atoms with van der Waals surface area (Å²) < 4.78 is 0. The zero-order chi connectivity index (χ0) is 14.7. The summed E-state index contributed by atoms with van der Waals surface area (Å²) in [6, 6.07) is 23.9. The van der Waals surface area contributed by atoms with E-state index in [1.54, 1.807) is 11.8 Å². The van der Waals surface area contributed by atoms with Crippen molar-refractivity contribution in [2.45, 2.75) is 17.9 Å². The molecule has 0 saturated heterocycles. The van der Waals surface area contributed by atoms with Crippen LogP contribution in [0.3, 0.4) is 0 Å². The van der Waals surface area contributed by atoms with Gasteiger partial charge in [0.05, 0.1) is 0 Å². The number of para-hydroxylation sites is 1. The molecule has 0 radical (unpaired) electrons. The molecule has 0 aliphatic heterocycles. The molecule has 1 unspecified atom stereocenters. The van der Waals surface area contributed by atoms with Crippen LogP contribution in [0.5, 0.6) is 0 Å². The Morgan fingerprint density at radius 3 is 2.38 bits per heavy atom. The van der Waals surface area contributed by atoms with Gasteiger partial charge in [-0.15, -0.1) is 11.8 Å². The Morgan fingerprint density at radius 1 is 0.857 bits per heavy atom. The van der Waals surface area contributed by atoms with Crippen molar-refractivity contribution in [3.05, 3.63) is 72.3 Å². The minimum absolute atomic E-state index is 0.280. The normalized spacial score (nSPS) is 12.3. The lowest BCUT2D eigenvalue weighted by molar-refractivity contribution is 0.881. The zero-order valence-electron chi connectivity index (χ0n) is 12.3. The molecule has 2 heteroatoms. The van der Waals surface area contributed by atoms with E-state index < -0.39 is 0 Å². The van der Waals surface area contributed by atoms with Crippen LogP contribution in [0, 0.1) is 0 Å². The van der Waals surface area contributed by atoms with Crippen LogP contribution in [0.2, 0.25) is 0 Å². The molecule has 0 fully saturated rings. The molecule has 106 valence electrons. The first-order chi connectivity index (χ1) is 10.3. The minimum Gasteiger partial charge on any atom is -0.378 e. The molecule has 0 aliphatic carbocycles. The Labute approximate surface area is 130 Å². The Balaban J connectivity index is 1.88. The predicted molar refractivity (Wildman–Crippen MR) is 94.2 cm³/mol. The molecule has 0 bridgehead atoms. The first-order valence-electron chi connectivity index (χ1n) is 7.16. The molecule has 0 spiro atoms. The molecule has 3 rings (SSSR count). The maximum atomic E-state index is 3.62. The van der Waals surface area contributed by atoms with E-state index in [-0.39, 0.29) is 6.04 Å². The van der Waals surface area contributed by atoms with E-state index >= 15 is 0 Å². The van der Waals surface area contributed by atoms with Gasteiger partial charge in [0.25, 0.3) is 0 Å². The highest BCUT2D eigenvalue weighted by atomic mass is 32.2. The fourth-order valence-corrected chi connectivity index (χ4v) is 3.12. The van der Waals surface area contributed by atoms with Crippen LogP contribution < -0.4 is 5.32 Å². The summed E-state index contributed by atoms with van der Waals surface area (Å²) >= 11 is 1.77. The highest BCUT2D eigenvalue weighted by Crippen LogP contribution is 2.29. The summed E-state index contributed by atoms with van der Waals surface area (Å²) in [5.74, 6) is 0. The highest BCUT2D eigenvalue weighted by molar-refractivity contribution is 7.98. The molecule has 21 heavy (non-hydrogen) atoms. The van der Waals surface area contributed by atoms with Crippen molar-refractivity contribution in [3.8, 4) is 0 Å². The number of hydrogen-bond donors (Lipinski definition) is 1. The summed E-state index contributed by atoms with van der Waals surface area (Å²) in [7, 11) is 0. The van der Waals surface area contributed by atoms with Crippen LogP contribution in [0.25, 0.3) is 10.8 Å². The number of rotatable bonds is 4. The topological polar surface area (TPSA) is 12.0 Å². The van der Waals surface area contributed by atoms with Gasteiger partial charge in [0.1, 0.15) is 0 Å². The van der Waals surface area contributed by atoms with Gasteiger partial charge in [-0.1, -0.05) is 48.5 Å². The first kappa shape index (κ1) is 14.0. The minimum atomic E-state index is 0.280. The van der Waals surface area contributed by atoms with E-state index in [2.05, 4.69) is 85.2 Å². The van der Waals surface area contributed by atoms with Crippen LogP contribution in [0.15, 0.2) is 71.6 Å². The fraction of sp³-hybridized carbons (Fsp3) is 0.158. The average molecular weight is 293 g/mol. The summed E-state index contributed by atoms with van der Waals surface area (Å²) in [6.45, 7) is 2.21. The number of benzene rings is 3. The standard InChI is InChI=1S/C19H19NS/c1-14(20-18-9-5-6-10-19(18)21-2)16-12-11-15-7-3-4-8-17(15)13-16/h3-14,20H,1-2H3. The van der Waals surface area contributed by atoms with Crippen LogP contribution in [-0.4, -0.2) is 6.26 Å². The van der Waals surface area contributed by atoms with Gasteiger partial charge in [0, 0.05) is 16.6 Å². The number of hydrogen-bond acceptors (Lipinski definition) is 2. The second-order valence-electron chi connectivity index (χ2n) is 5.17. The fourth-order valence-electron chi connectivity index (χ4n) is 2.56. The SMILES string of the molecule is CSc1ccccc1NC(C)c1ccc2ccccc2c1. The Hall–Kier alpha value is -1.93. The average Bonchev–Trinajstić information content (AvgIpc) is 2.55. The van der Waals surface area contributed by atoms with Gasteiger partial charge >= 0.3 is 0 Å². The molecular weight excluding hydrogens is 274 g/mol. The molecule has 1 nitrogen and oxygen atoms in total. The third kappa shape index (κ3) is 3.06. The van der Waals surface area contributed by atoms with Crippen LogP contribution in [0.4, 0.5) is 5.69 Å². The third-order valence-electron chi connectivity index (χ3n) is 3.75. The highest BCUT2D eigenvalue weighted by Gasteiger charge is 2.08. The van der Waals surface area contributed by atoms with Gasteiger partial charge in [-0.25, -0.2) is 0 Å². The van der Waals surface area contributed by atoms with Crippen molar-refractivity contribution >= 4 is 28.2 Å². The van der Waals surface area contributed by atoms with Crippen LogP contribution in [0.1, 0.15) is 18.5 Å². The van der Waals surface area contributed by atoms with Gasteiger partial charge in [-0.3, -0.25) is 0 Å². The van der Waals surface area contributed by atoms with E-state index in [1.807, 2.05) is 0 Å². The van der Waals surface area contributed by atoms with E-state index in [9.17, 15) is 0 Å². The molecule has 0 amide bonds. The first-order valence-corrected chi connectivity index (χ1v) is 8.38. The van der Waals surface area contributed by atoms with Crippen molar-refractivity contribution in [1.29, 1.82) is 0 Å². The van der Waals surface area contributed by atoms with E-state index in [1.165, 1.54) is 26.9 Å². The van der Waals surface area contributed by atoms with E-state index in [0.717, 1.165) is 0 Å². The van der Waals surface area contributed by atoms with Crippen molar-refractivity contribution in [3.63, 3.8) is 0 Å². The smallest absolute Gasteiger partial charge is 0.0486 e. The summed E-state index contributed by atoms with van der Waals surface area (Å²) in [4.78, 5) is 1.28. The van der Waals surface area contributed by atoms with Gasteiger partial charge in [0.15, 0.2) is 0 Å². The molecule has 0 heterocycles. The number of fused-ring (bicyclic) bond motifs is 1. The molecule has 0 saturated carbocycles. The lowest BCUT2D eigenvalue weighted by Gasteiger charge is -2.18. The molecular formula is C19H19NS. The molecule has 0 aromatic heterocycles. The number of nitrogens with one attached hydrogen (secondary N) is 1. The second kappa shape index (κ2) is 6.23. The van der Waals surface area contributed by atoms with Gasteiger partial charge < -0.3 is 5.32 Å². The number of anilines is 1. The van der Waals surface area contributed by atoms with E-state index in [4.69, 9.17) is 0 Å². The van der Waals surface area contributed by atoms with Crippen molar-refractivity contribution < 1.29 is 0 Å². The third-order valence-corrected chi connectivity index (χ3v) is 4.55. The van der Waals surface area contributed by atoms with Crippen molar-refractivity contribution in [2.24, 2.45) is 0 Å². The van der Waals surface area contributed by atoms with Gasteiger partial charge in [-0.05, 0) is 47.7 Å². The quantitative estimate of drug-likeness (QED) is 0.616. The van der Waals surface area contributed by atoms with Gasteiger partial charge in [-0.2, -0.15) is 0 Å². The lowest BCUT2D eigenvalue weighted by atomic mass is 10.0. The second-order valence-corrected chi connectivity index (χ2v) is 6.02. The Morgan fingerprint density at radius 2 is 1.57 bits per heavy atom. The molecule has 1 atom stereocenters. The monoisotopic (exact) mass is 293 g/mol. The predicted octanol–water partition coefficient (Wildman–Crippen LogP) is 5.73. The van der Waals surface area contributed by atoms with Crippen LogP contribution in [-0.2, 0) is 0 Å². The summed E-state index contributed by atoms with van der Waals surface area (Å²) in [5, 5.41) is 6.20. The molecule has 0 aliphatic rings. The molecule has 1 N–H and O–H groups in total. The maximum absolute atomic E-state index is 3.62. The van der Waals surface area contributed by atoms with Gasteiger partial charge in [0.2, 0.25) is 0 Å². The Kier molecular flexibility index (Phi) is 4.16. The van der Waals surface area contributed by atoms with Crippen molar-refractivity contribution in [2.75, 3.05) is 11.6 Å². The summed E-state index contributed by atoms with van der Waals surface area (Å²) in [6.07, 6.45) is 2.11. The number of thioether (sulfide) groups is 1. The van der Waals surface area contributed by atoms with Crippen LogP contribution >= 0.6 is 11.8 Å². The zero-order valence-corrected chi connectivity index (χ0v) is 13.2.